The monoisotopic (exact) mass is 337 g/mol. The van der Waals surface area contributed by atoms with E-state index in [-0.39, 0.29) is 10.3 Å². The number of aromatic nitrogens is 4. The Hall–Kier alpha value is -2.00. The number of aromatic amines is 1. The van der Waals surface area contributed by atoms with Crippen molar-refractivity contribution in [2.75, 3.05) is 11.9 Å². The van der Waals surface area contributed by atoms with Crippen molar-refractivity contribution in [1.29, 1.82) is 0 Å². The molecule has 0 bridgehead atoms. The number of nitrogens with zero attached hydrogens (tertiary/aromatic N) is 3. The van der Waals surface area contributed by atoms with Gasteiger partial charge in [-0.25, -0.2) is 0 Å². The molecule has 23 heavy (non-hydrogen) atoms. The predicted molar refractivity (Wildman–Crippen MR) is 83.8 cm³/mol. The maximum Gasteiger partial charge on any atom is 0.296 e. The van der Waals surface area contributed by atoms with E-state index < -0.39 is 10.1 Å². The lowest BCUT2D eigenvalue weighted by Crippen LogP contribution is -2.31. The fourth-order valence-corrected chi connectivity index (χ4v) is 3.64. The van der Waals surface area contributed by atoms with Gasteiger partial charge in [-0.1, -0.05) is 25.1 Å². The Labute approximate surface area is 134 Å². The van der Waals surface area contributed by atoms with Crippen LogP contribution in [0.3, 0.4) is 0 Å². The fraction of sp³-hybridized carbons (Fsp3) is 0.500. The second-order valence-corrected chi connectivity index (χ2v) is 8.02. The molecule has 0 saturated heterocycles. The van der Waals surface area contributed by atoms with Gasteiger partial charge in [0, 0.05) is 13.0 Å². The molecule has 2 heterocycles. The summed E-state index contributed by atoms with van der Waals surface area (Å²) in [6, 6.07) is 3.50. The lowest BCUT2D eigenvalue weighted by atomic mass is 9.81. The van der Waals surface area contributed by atoms with Gasteiger partial charge in [-0.3, -0.25) is 4.55 Å². The molecular formula is C14H19N5O3S. The molecule has 3 rings (SSSR count). The normalized spacial score (nSPS) is 16.7. The lowest BCUT2D eigenvalue weighted by molar-refractivity contribution is 0.377. The second kappa shape index (κ2) is 5.57. The van der Waals surface area contributed by atoms with Gasteiger partial charge in [0.1, 0.15) is 4.90 Å². The van der Waals surface area contributed by atoms with Gasteiger partial charge < -0.3 is 5.32 Å². The molecule has 0 amide bonds. The van der Waals surface area contributed by atoms with Crippen molar-refractivity contribution < 1.29 is 13.0 Å². The van der Waals surface area contributed by atoms with Crippen LogP contribution in [0.1, 0.15) is 30.8 Å². The van der Waals surface area contributed by atoms with Crippen LogP contribution in [-0.4, -0.2) is 40.1 Å². The van der Waals surface area contributed by atoms with Crippen molar-refractivity contribution in [3.05, 3.63) is 29.1 Å². The summed E-state index contributed by atoms with van der Waals surface area (Å²) in [6.45, 7) is 4.88. The first-order valence-corrected chi connectivity index (χ1v) is 8.78. The number of aryl methyl sites for hydroxylation is 2. The first-order chi connectivity index (χ1) is 10.7. The van der Waals surface area contributed by atoms with E-state index in [1.165, 1.54) is 6.07 Å². The molecule has 0 fully saturated rings. The molecule has 0 saturated carbocycles. The molecule has 1 aliphatic heterocycles. The van der Waals surface area contributed by atoms with E-state index in [2.05, 4.69) is 39.8 Å². The van der Waals surface area contributed by atoms with Crippen molar-refractivity contribution in [3.8, 4) is 0 Å². The highest BCUT2D eigenvalue weighted by Gasteiger charge is 2.29. The number of benzene rings is 1. The zero-order valence-corrected chi connectivity index (χ0v) is 13.8. The highest BCUT2D eigenvalue weighted by Crippen LogP contribution is 2.37. The van der Waals surface area contributed by atoms with Gasteiger partial charge in [-0.05, 0) is 35.4 Å². The standard InChI is InChI=1S/C14H19N5O3S/c1-14(2)7-10-5-9(3-4-12-16-18-19-17-12)6-11(23(20,21)22)13(10)15-8-14/h5-6,15H,3-4,7-8H2,1-2H3,(H,20,21,22)(H,16,17,18,19). The van der Waals surface area contributed by atoms with Gasteiger partial charge in [-0.2, -0.15) is 13.6 Å². The van der Waals surface area contributed by atoms with Crippen LogP contribution in [0, 0.1) is 5.41 Å². The molecule has 1 aromatic carbocycles. The Morgan fingerprint density at radius 3 is 2.74 bits per heavy atom. The van der Waals surface area contributed by atoms with Crippen molar-refractivity contribution >= 4 is 15.8 Å². The molecule has 1 aromatic heterocycles. The van der Waals surface area contributed by atoms with Gasteiger partial charge in [0.2, 0.25) is 0 Å². The molecule has 0 spiro atoms. The van der Waals surface area contributed by atoms with Crippen molar-refractivity contribution in [2.24, 2.45) is 5.41 Å². The van der Waals surface area contributed by atoms with Crippen LogP contribution < -0.4 is 5.32 Å². The number of nitrogens with one attached hydrogen (secondary N) is 2. The third-order valence-electron chi connectivity index (χ3n) is 3.96. The first kappa shape index (κ1) is 15.9. The Morgan fingerprint density at radius 1 is 1.30 bits per heavy atom. The largest absolute Gasteiger partial charge is 0.383 e. The fourth-order valence-electron chi connectivity index (χ4n) is 2.87. The average Bonchev–Trinajstić information content (AvgIpc) is 2.95. The van der Waals surface area contributed by atoms with Crippen LogP contribution in [-0.2, 0) is 29.4 Å². The minimum atomic E-state index is -4.29. The number of rotatable bonds is 4. The summed E-state index contributed by atoms with van der Waals surface area (Å²) in [7, 11) is -4.29. The number of hydrogen-bond donors (Lipinski definition) is 3. The minimum absolute atomic E-state index is 0.0236. The Kier molecular flexibility index (Phi) is 3.85. The topological polar surface area (TPSA) is 121 Å². The highest BCUT2D eigenvalue weighted by atomic mass is 32.2. The van der Waals surface area contributed by atoms with E-state index in [0.29, 0.717) is 30.9 Å². The number of anilines is 1. The van der Waals surface area contributed by atoms with Crippen LogP contribution in [0.15, 0.2) is 17.0 Å². The van der Waals surface area contributed by atoms with E-state index in [1.54, 1.807) is 0 Å². The summed E-state index contributed by atoms with van der Waals surface area (Å²) < 4.78 is 33.0. The zero-order valence-electron chi connectivity index (χ0n) is 13.0. The molecule has 0 radical (unpaired) electrons. The highest BCUT2D eigenvalue weighted by molar-refractivity contribution is 7.86. The molecule has 9 heteroatoms. The SMILES string of the molecule is CC1(C)CNc2c(cc(CCc3nn[nH]n3)cc2S(=O)(=O)O)C1. The van der Waals surface area contributed by atoms with E-state index in [4.69, 9.17) is 0 Å². The quantitative estimate of drug-likeness (QED) is 0.717. The van der Waals surface area contributed by atoms with Gasteiger partial charge in [0.15, 0.2) is 5.82 Å². The smallest absolute Gasteiger partial charge is 0.296 e. The van der Waals surface area contributed by atoms with Crippen LogP contribution in [0.4, 0.5) is 5.69 Å². The number of H-pyrrole nitrogens is 1. The molecule has 0 unspecified atom stereocenters. The van der Waals surface area contributed by atoms with Crippen LogP contribution >= 0.6 is 0 Å². The van der Waals surface area contributed by atoms with E-state index in [0.717, 1.165) is 17.5 Å². The summed E-state index contributed by atoms with van der Waals surface area (Å²) in [5.41, 5.74) is 2.26. The summed E-state index contributed by atoms with van der Waals surface area (Å²) in [5.74, 6) is 0.564. The number of tetrazole rings is 1. The summed E-state index contributed by atoms with van der Waals surface area (Å²) in [6.07, 6.45) is 1.85. The number of fused-ring (bicyclic) bond motifs is 1. The molecule has 3 N–H and O–H groups in total. The van der Waals surface area contributed by atoms with Crippen molar-refractivity contribution in [3.63, 3.8) is 0 Å². The number of hydrogen-bond acceptors (Lipinski definition) is 6. The maximum absolute atomic E-state index is 11.7. The maximum atomic E-state index is 11.7. The van der Waals surface area contributed by atoms with Crippen LogP contribution in [0.2, 0.25) is 0 Å². The van der Waals surface area contributed by atoms with E-state index in [1.807, 2.05) is 6.07 Å². The van der Waals surface area contributed by atoms with Crippen LogP contribution in [0.25, 0.3) is 0 Å². The summed E-state index contributed by atoms with van der Waals surface area (Å²) in [4.78, 5) is -0.0615. The van der Waals surface area contributed by atoms with Crippen LogP contribution in [0.5, 0.6) is 0 Å². The third-order valence-corrected chi connectivity index (χ3v) is 4.84. The minimum Gasteiger partial charge on any atom is -0.383 e. The Balaban J connectivity index is 1.98. The molecule has 8 nitrogen and oxygen atoms in total. The summed E-state index contributed by atoms with van der Waals surface area (Å²) >= 11 is 0. The molecule has 2 aromatic rings. The van der Waals surface area contributed by atoms with Crippen molar-refractivity contribution in [2.45, 2.75) is 38.0 Å². The van der Waals surface area contributed by atoms with Crippen molar-refractivity contribution in [1.82, 2.24) is 20.6 Å². The molecule has 0 atom stereocenters. The Bertz CT molecular complexity index is 815. The predicted octanol–water partition coefficient (Wildman–Crippen LogP) is 1.23. The van der Waals surface area contributed by atoms with E-state index in [9.17, 15) is 13.0 Å². The van der Waals surface area contributed by atoms with Gasteiger partial charge in [0.05, 0.1) is 5.69 Å². The first-order valence-electron chi connectivity index (χ1n) is 7.34. The zero-order chi connectivity index (χ0) is 16.7. The molecule has 124 valence electrons. The lowest BCUT2D eigenvalue weighted by Gasteiger charge is -2.33. The van der Waals surface area contributed by atoms with Gasteiger partial charge >= 0.3 is 0 Å². The second-order valence-electron chi connectivity index (χ2n) is 6.63. The van der Waals surface area contributed by atoms with Gasteiger partial charge in [-0.15, -0.1) is 10.2 Å². The molecule has 1 aliphatic rings. The molecule has 0 aliphatic carbocycles. The Morgan fingerprint density at radius 2 is 2.09 bits per heavy atom. The average molecular weight is 337 g/mol. The third kappa shape index (κ3) is 3.50. The van der Waals surface area contributed by atoms with Gasteiger partial charge in [0.25, 0.3) is 10.1 Å². The van der Waals surface area contributed by atoms with E-state index >= 15 is 0 Å². The summed E-state index contributed by atoms with van der Waals surface area (Å²) in [5, 5.41) is 16.8. The molecular weight excluding hydrogens is 318 g/mol.